The lowest BCUT2D eigenvalue weighted by Gasteiger charge is -2.41. The number of carbonyl (C=O) groups is 3. The van der Waals surface area contributed by atoms with Crippen LogP contribution in [0.2, 0.25) is 0 Å². The third-order valence-electron chi connectivity index (χ3n) is 2.40. The van der Waals surface area contributed by atoms with Gasteiger partial charge in [-0.25, -0.2) is 0 Å². The predicted molar refractivity (Wildman–Crippen MR) is 47.7 cm³/mol. The summed E-state index contributed by atoms with van der Waals surface area (Å²) in [6.45, 7) is 0. The molecule has 1 fully saturated rings. The van der Waals surface area contributed by atoms with E-state index in [4.69, 9.17) is 34.8 Å². The van der Waals surface area contributed by atoms with E-state index in [1.54, 1.807) is 0 Å². The van der Waals surface area contributed by atoms with Crippen molar-refractivity contribution >= 4 is 50.5 Å². The number of halogens is 3. The fourth-order valence-corrected chi connectivity index (χ4v) is 2.40. The molecule has 1 aliphatic rings. The minimum absolute atomic E-state index is 0.195. The Kier molecular flexibility index (Phi) is 3.00. The third kappa shape index (κ3) is 1.49. The molecule has 0 radical (unpaired) electrons. The van der Waals surface area contributed by atoms with E-state index in [2.05, 4.69) is 0 Å². The molecule has 1 rings (SSSR count). The molecule has 3 nitrogen and oxygen atoms in total. The largest absolute Gasteiger partial charge is 0.281 e. The van der Waals surface area contributed by atoms with E-state index >= 15 is 0 Å². The average Bonchev–Trinajstić information content (AvgIpc) is 1.80. The molecular formula is C7H5Cl3O3. The molecule has 0 N–H and O–H groups in total. The first-order chi connectivity index (χ1) is 5.93. The van der Waals surface area contributed by atoms with Gasteiger partial charge < -0.3 is 0 Å². The van der Waals surface area contributed by atoms with Crippen molar-refractivity contribution in [2.24, 2.45) is 11.3 Å². The average molecular weight is 243 g/mol. The number of rotatable bonds is 3. The van der Waals surface area contributed by atoms with E-state index in [9.17, 15) is 14.4 Å². The Morgan fingerprint density at radius 3 is 1.62 bits per heavy atom. The van der Waals surface area contributed by atoms with Gasteiger partial charge in [-0.2, -0.15) is 0 Å². The lowest BCUT2D eigenvalue weighted by Crippen LogP contribution is -2.51. The summed E-state index contributed by atoms with van der Waals surface area (Å²) in [7, 11) is 0. The van der Waals surface area contributed by atoms with Crippen molar-refractivity contribution in [1.29, 1.82) is 0 Å². The first-order valence-electron chi connectivity index (χ1n) is 3.52. The maximum Gasteiger partial charge on any atom is 0.237 e. The summed E-state index contributed by atoms with van der Waals surface area (Å²) in [6, 6.07) is 0. The molecule has 1 atom stereocenters. The predicted octanol–water partition coefficient (Wildman–Crippen LogP) is 1.68. The molecule has 0 amide bonds. The highest BCUT2D eigenvalue weighted by Gasteiger charge is 2.59. The monoisotopic (exact) mass is 242 g/mol. The van der Waals surface area contributed by atoms with Gasteiger partial charge in [-0.3, -0.25) is 14.4 Å². The van der Waals surface area contributed by atoms with Gasteiger partial charge in [0, 0.05) is 0 Å². The lowest BCUT2D eigenvalue weighted by molar-refractivity contribution is -0.148. The highest BCUT2D eigenvalue weighted by atomic mass is 35.5. The maximum absolute atomic E-state index is 11.0. The fourth-order valence-electron chi connectivity index (χ4n) is 1.43. The van der Waals surface area contributed by atoms with Gasteiger partial charge in [0.2, 0.25) is 15.7 Å². The lowest BCUT2D eigenvalue weighted by atomic mass is 9.62. The standard InChI is InChI=1S/C7H5Cl3O3/c8-4(11)3-1-2-7(3,5(9)12)6(10)13/h3H,1-2H2. The van der Waals surface area contributed by atoms with Crippen molar-refractivity contribution < 1.29 is 14.4 Å². The van der Waals surface area contributed by atoms with Crippen molar-refractivity contribution in [3.63, 3.8) is 0 Å². The van der Waals surface area contributed by atoms with Crippen LogP contribution in [0.25, 0.3) is 0 Å². The van der Waals surface area contributed by atoms with Crippen molar-refractivity contribution in [3.05, 3.63) is 0 Å². The van der Waals surface area contributed by atoms with Gasteiger partial charge in [0.05, 0.1) is 5.92 Å². The Hall–Kier alpha value is -0.120. The van der Waals surface area contributed by atoms with Gasteiger partial charge in [0.1, 0.15) is 5.41 Å². The van der Waals surface area contributed by atoms with Crippen LogP contribution in [0.1, 0.15) is 12.8 Å². The smallest absolute Gasteiger partial charge is 0.237 e. The van der Waals surface area contributed by atoms with Gasteiger partial charge in [0.25, 0.3) is 0 Å². The number of hydrogen-bond donors (Lipinski definition) is 0. The molecule has 0 saturated heterocycles. The Balaban J connectivity index is 3.01. The maximum atomic E-state index is 11.0. The van der Waals surface area contributed by atoms with Crippen LogP contribution in [-0.4, -0.2) is 15.7 Å². The van der Waals surface area contributed by atoms with Crippen LogP contribution in [0.4, 0.5) is 0 Å². The van der Waals surface area contributed by atoms with Crippen LogP contribution in [-0.2, 0) is 14.4 Å². The van der Waals surface area contributed by atoms with E-state index in [1.165, 1.54) is 0 Å². The molecule has 0 aromatic carbocycles. The molecular weight excluding hydrogens is 238 g/mol. The van der Waals surface area contributed by atoms with E-state index in [1.807, 2.05) is 0 Å². The normalized spacial score (nSPS) is 24.7. The second kappa shape index (κ2) is 3.56. The van der Waals surface area contributed by atoms with E-state index < -0.39 is 27.1 Å². The summed E-state index contributed by atoms with van der Waals surface area (Å²) in [5.41, 5.74) is -1.57. The Morgan fingerprint density at radius 2 is 1.54 bits per heavy atom. The molecule has 1 saturated carbocycles. The molecule has 1 unspecified atom stereocenters. The summed E-state index contributed by atoms with van der Waals surface area (Å²) >= 11 is 15.6. The van der Waals surface area contributed by atoms with Crippen molar-refractivity contribution in [3.8, 4) is 0 Å². The molecule has 13 heavy (non-hydrogen) atoms. The second-order valence-corrected chi connectivity index (χ2v) is 3.97. The van der Waals surface area contributed by atoms with Crippen LogP contribution in [0.5, 0.6) is 0 Å². The number of carbonyl (C=O) groups excluding carboxylic acids is 3. The van der Waals surface area contributed by atoms with Gasteiger partial charge in [-0.05, 0) is 47.6 Å². The fraction of sp³-hybridized carbons (Fsp3) is 0.571. The zero-order chi connectivity index (χ0) is 10.2. The highest BCUT2D eigenvalue weighted by Crippen LogP contribution is 2.50. The van der Waals surface area contributed by atoms with Gasteiger partial charge >= 0.3 is 0 Å². The molecule has 1 aliphatic carbocycles. The molecule has 6 heteroatoms. The zero-order valence-corrected chi connectivity index (χ0v) is 8.62. The van der Waals surface area contributed by atoms with Gasteiger partial charge in [0.15, 0.2) is 0 Å². The Bertz CT molecular complexity index is 273. The van der Waals surface area contributed by atoms with Crippen molar-refractivity contribution in [1.82, 2.24) is 0 Å². The number of hydrogen-bond acceptors (Lipinski definition) is 3. The summed E-state index contributed by atoms with van der Waals surface area (Å²) < 4.78 is 0. The minimum atomic E-state index is -1.57. The highest BCUT2D eigenvalue weighted by molar-refractivity contribution is 6.76. The van der Waals surface area contributed by atoms with Gasteiger partial charge in [-0.1, -0.05) is 0 Å². The van der Waals surface area contributed by atoms with Crippen LogP contribution in [0.15, 0.2) is 0 Å². The second-order valence-electron chi connectivity index (χ2n) is 2.91. The van der Waals surface area contributed by atoms with Crippen molar-refractivity contribution in [2.45, 2.75) is 12.8 Å². The SMILES string of the molecule is O=C(Cl)C1CCC1(C(=O)Cl)C(=O)Cl. The zero-order valence-electron chi connectivity index (χ0n) is 6.35. The minimum Gasteiger partial charge on any atom is -0.281 e. The van der Waals surface area contributed by atoms with E-state index in [0.29, 0.717) is 6.42 Å². The first kappa shape index (κ1) is 11.0. The van der Waals surface area contributed by atoms with E-state index in [0.717, 1.165) is 0 Å². The summed E-state index contributed by atoms with van der Waals surface area (Å²) in [5, 5.41) is -2.55. The van der Waals surface area contributed by atoms with Crippen LogP contribution in [0, 0.1) is 11.3 Å². The molecule has 0 spiro atoms. The molecule has 72 valence electrons. The Labute approximate surface area is 89.3 Å². The topological polar surface area (TPSA) is 51.2 Å². The summed E-state index contributed by atoms with van der Waals surface area (Å²) in [4.78, 5) is 32.7. The molecule has 0 aromatic heterocycles. The molecule has 0 bridgehead atoms. The van der Waals surface area contributed by atoms with Gasteiger partial charge in [-0.15, -0.1) is 0 Å². The third-order valence-corrected chi connectivity index (χ3v) is 3.34. The summed E-state index contributed by atoms with van der Waals surface area (Å²) in [6.07, 6.45) is 0.569. The molecule has 0 aliphatic heterocycles. The van der Waals surface area contributed by atoms with Crippen LogP contribution in [0.3, 0.4) is 0 Å². The van der Waals surface area contributed by atoms with E-state index in [-0.39, 0.29) is 6.42 Å². The Morgan fingerprint density at radius 1 is 1.08 bits per heavy atom. The van der Waals surface area contributed by atoms with Crippen LogP contribution < -0.4 is 0 Å². The quantitative estimate of drug-likeness (QED) is 0.560. The molecule has 0 heterocycles. The first-order valence-corrected chi connectivity index (χ1v) is 4.65. The summed E-state index contributed by atoms with van der Waals surface area (Å²) in [5.74, 6) is -0.857. The van der Waals surface area contributed by atoms with Crippen LogP contribution >= 0.6 is 34.8 Å². The molecule has 0 aromatic rings. The van der Waals surface area contributed by atoms with Crippen molar-refractivity contribution in [2.75, 3.05) is 0 Å².